The van der Waals surface area contributed by atoms with Crippen molar-refractivity contribution in [3.63, 3.8) is 0 Å². The molecule has 3 fully saturated rings. The number of nitrogens with zero attached hydrogens (tertiary/aromatic N) is 1. The van der Waals surface area contributed by atoms with Gasteiger partial charge in [-0.2, -0.15) is 4.31 Å². The SMILES string of the molecule is O=S(=O)(c1c(F)cccc1F)N1[C@@H]2CC[C@H]1[C@H]1CNC[C@H]12. The van der Waals surface area contributed by atoms with Gasteiger partial charge in [0.25, 0.3) is 0 Å². The zero-order chi connectivity index (χ0) is 14.8. The quantitative estimate of drug-likeness (QED) is 0.896. The summed E-state index contributed by atoms with van der Waals surface area (Å²) >= 11 is 0. The third kappa shape index (κ3) is 1.74. The zero-order valence-electron chi connectivity index (χ0n) is 11.3. The summed E-state index contributed by atoms with van der Waals surface area (Å²) in [6, 6.07) is 2.92. The van der Waals surface area contributed by atoms with Crippen LogP contribution in [0.3, 0.4) is 0 Å². The number of sulfonamides is 1. The number of hydrogen-bond acceptors (Lipinski definition) is 3. The molecule has 0 saturated carbocycles. The number of fused-ring (bicyclic) bond motifs is 5. The van der Waals surface area contributed by atoms with Gasteiger partial charge in [-0.25, -0.2) is 17.2 Å². The van der Waals surface area contributed by atoms with Gasteiger partial charge in [0.2, 0.25) is 10.0 Å². The second kappa shape index (κ2) is 4.47. The van der Waals surface area contributed by atoms with Crippen molar-refractivity contribution in [2.75, 3.05) is 13.1 Å². The molecular weight excluding hydrogens is 298 g/mol. The summed E-state index contributed by atoms with van der Waals surface area (Å²) in [5, 5.41) is 3.29. The van der Waals surface area contributed by atoms with Crippen LogP contribution in [-0.2, 0) is 10.0 Å². The maximum absolute atomic E-state index is 13.9. The van der Waals surface area contributed by atoms with Gasteiger partial charge in [0.1, 0.15) is 11.6 Å². The van der Waals surface area contributed by atoms with Gasteiger partial charge in [0, 0.05) is 12.1 Å². The van der Waals surface area contributed by atoms with E-state index in [1.165, 1.54) is 10.4 Å². The van der Waals surface area contributed by atoms with Gasteiger partial charge in [0.15, 0.2) is 4.90 Å². The molecule has 0 radical (unpaired) electrons. The minimum absolute atomic E-state index is 0.126. The molecule has 2 bridgehead atoms. The van der Waals surface area contributed by atoms with Gasteiger partial charge in [-0.1, -0.05) is 6.07 Å². The third-order valence-corrected chi connectivity index (χ3v) is 7.17. The fourth-order valence-electron chi connectivity index (χ4n) is 4.40. The summed E-state index contributed by atoms with van der Waals surface area (Å²) in [6.45, 7) is 1.58. The molecule has 3 aliphatic rings. The van der Waals surface area contributed by atoms with E-state index in [0.29, 0.717) is 0 Å². The summed E-state index contributed by atoms with van der Waals surface area (Å²) in [4.78, 5) is -0.796. The number of rotatable bonds is 2. The molecule has 3 heterocycles. The minimum atomic E-state index is -4.12. The van der Waals surface area contributed by atoms with Crippen LogP contribution in [0.4, 0.5) is 8.78 Å². The highest BCUT2D eigenvalue weighted by Crippen LogP contribution is 2.50. The lowest BCUT2D eigenvalue weighted by Crippen LogP contribution is -2.39. The predicted molar refractivity (Wildman–Crippen MR) is 72.0 cm³/mol. The highest BCUT2D eigenvalue weighted by Gasteiger charge is 2.59. The van der Waals surface area contributed by atoms with E-state index in [9.17, 15) is 17.2 Å². The molecule has 0 aromatic heterocycles. The van der Waals surface area contributed by atoms with Crippen LogP contribution < -0.4 is 5.32 Å². The third-order valence-electron chi connectivity index (χ3n) is 5.16. The van der Waals surface area contributed by atoms with E-state index < -0.39 is 26.6 Å². The molecule has 0 unspecified atom stereocenters. The molecule has 0 aliphatic carbocycles. The zero-order valence-corrected chi connectivity index (χ0v) is 12.1. The fourth-order valence-corrected chi connectivity index (χ4v) is 6.48. The van der Waals surface area contributed by atoms with E-state index in [1.54, 1.807) is 0 Å². The van der Waals surface area contributed by atoms with E-state index >= 15 is 0 Å². The monoisotopic (exact) mass is 314 g/mol. The molecule has 21 heavy (non-hydrogen) atoms. The van der Waals surface area contributed by atoms with Crippen molar-refractivity contribution >= 4 is 10.0 Å². The summed E-state index contributed by atoms with van der Waals surface area (Å²) in [5.74, 6) is -1.48. The van der Waals surface area contributed by atoms with Crippen molar-refractivity contribution in [2.24, 2.45) is 11.8 Å². The molecule has 0 spiro atoms. The largest absolute Gasteiger partial charge is 0.316 e. The summed E-state index contributed by atoms with van der Waals surface area (Å²) < 4.78 is 54.8. The minimum Gasteiger partial charge on any atom is -0.316 e. The molecule has 0 amide bonds. The van der Waals surface area contributed by atoms with E-state index in [0.717, 1.165) is 38.1 Å². The first-order valence-corrected chi connectivity index (χ1v) is 8.64. The van der Waals surface area contributed by atoms with Crippen LogP contribution in [-0.4, -0.2) is 37.9 Å². The molecule has 4 rings (SSSR count). The van der Waals surface area contributed by atoms with Gasteiger partial charge < -0.3 is 5.32 Å². The predicted octanol–water partition coefficient (Wildman–Crippen LogP) is 1.34. The Morgan fingerprint density at radius 3 is 2.10 bits per heavy atom. The van der Waals surface area contributed by atoms with E-state index in [2.05, 4.69) is 5.32 Å². The Kier molecular flexibility index (Phi) is 2.90. The van der Waals surface area contributed by atoms with Gasteiger partial charge >= 0.3 is 0 Å². The number of nitrogens with one attached hydrogen (secondary N) is 1. The lowest BCUT2D eigenvalue weighted by molar-refractivity contribution is 0.354. The molecule has 3 saturated heterocycles. The smallest absolute Gasteiger partial charge is 0.249 e. The van der Waals surface area contributed by atoms with Crippen LogP contribution in [0.5, 0.6) is 0 Å². The van der Waals surface area contributed by atoms with Gasteiger partial charge in [-0.05, 0) is 49.9 Å². The molecule has 1 N–H and O–H groups in total. The topological polar surface area (TPSA) is 49.4 Å². The molecule has 3 aliphatic heterocycles. The molecule has 114 valence electrons. The van der Waals surface area contributed by atoms with E-state index in [4.69, 9.17) is 0 Å². The standard InChI is InChI=1S/C14H16F2N2O2S/c15-10-2-1-3-11(16)14(10)21(19,20)18-12-4-5-13(18)9-7-17-6-8(9)12/h1-3,8-9,12-13,17H,4-7H2/t8-,9+,12-,13+. The van der Waals surface area contributed by atoms with Crippen molar-refractivity contribution < 1.29 is 17.2 Å². The molecule has 4 nitrogen and oxygen atoms in total. The van der Waals surface area contributed by atoms with Crippen molar-refractivity contribution in [3.8, 4) is 0 Å². The normalized spacial score (nSPS) is 35.3. The first kappa shape index (κ1) is 13.6. The Hall–Kier alpha value is -1.05. The lowest BCUT2D eigenvalue weighted by atomic mass is 9.82. The van der Waals surface area contributed by atoms with Crippen LogP contribution in [0.2, 0.25) is 0 Å². The Bertz CT molecular complexity index is 656. The van der Waals surface area contributed by atoms with Crippen LogP contribution in [0, 0.1) is 23.5 Å². The molecule has 7 heteroatoms. The first-order valence-electron chi connectivity index (χ1n) is 7.20. The fraction of sp³-hybridized carbons (Fsp3) is 0.571. The van der Waals surface area contributed by atoms with Crippen molar-refractivity contribution in [3.05, 3.63) is 29.8 Å². The average Bonchev–Trinajstić information content (AvgIpc) is 3.10. The highest BCUT2D eigenvalue weighted by molar-refractivity contribution is 7.89. The molecular formula is C14H16F2N2O2S. The van der Waals surface area contributed by atoms with Crippen LogP contribution in [0.1, 0.15) is 12.8 Å². The second-order valence-electron chi connectivity index (χ2n) is 6.08. The maximum atomic E-state index is 13.9. The Balaban J connectivity index is 1.80. The van der Waals surface area contributed by atoms with Gasteiger partial charge in [-0.3, -0.25) is 0 Å². The molecule has 4 atom stereocenters. The van der Waals surface area contributed by atoms with Crippen LogP contribution in [0.25, 0.3) is 0 Å². The van der Waals surface area contributed by atoms with E-state index in [-0.39, 0.29) is 23.9 Å². The summed E-state index contributed by atoms with van der Waals surface area (Å²) in [6.07, 6.45) is 1.56. The van der Waals surface area contributed by atoms with Gasteiger partial charge in [0.05, 0.1) is 0 Å². The van der Waals surface area contributed by atoms with Crippen LogP contribution in [0.15, 0.2) is 23.1 Å². The summed E-state index contributed by atoms with van der Waals surface area (Å²) in [5.41, 5.74) is 0. The highest BCUT2D eigenvalue weighted by atomic mass is 32.2. The van der Waals surface area contributed by atoms with Crippen molar-refractivity contribution in [1.29, 1.82) is 0 Å². The lowest BCUT2D eigenvalue weighted by Gasteiger charge is -2.24. The number of benzene rings is 1. The first-order chi connectivity index (χ1) is 10.0. The maximum Gasteiger partial charge on any atom is 0.249 e. The number of halogens is 2. The van der Waals surface area contributed by atoms with Gasteiger partial charge in [-0.15, -0.1) is 0 Å². The number of hydrogen-bond donors (Lipinski definition) is 1. The molecule has 1 aromatic rings. The van der Waals surface area contributed by atoms with Crippen LogP contribution >= 0.6 is 0 Å². The molecule has 1 aromatic carbocycles. The summed E-state index contributed by atoms with van der Waals surface area (Å²) in [7, 11) is -4.12. The Morgan fingerprint density at radius 2 is 1.57 bits per heavy atom. The Labute approximate surface area is 122 Å². The second-order valence-corrected chi connectivity index (χ2v) is 7.86. The average molecular weight is 314 g/mol. The van der Waals surface area contributed by atoms with Crippen molar-refractivity contribution in [1.82, 2.24) is 9.62 Å². The Morgan fingerprint density at radius 1 is 1.05 bits per heavy atom. The van der Waals surface area contributed by atoms with E-state index in [1.807, 2.05) is 0 Å². The van der Waals surface area contributed by atoms with Crippen molar-refractivity contribution in [2.45, 2.75) is 29.8 Å².